The molecule has 3 aliphatic rings. The van der Waals surface area contributed by atoms with Crippen molar-refractivity contribution in [1.29, 1.82) is 0 Å². The normalized spacial score (nSPS) is 20.0. The van der Waals surface area contributed by atoms with Crippen molar-refractivity contribution < 1.29 is 41.4 Å². The number of rotatable bonds is 9. The van der Waals surface area contributed by atoms with Gasteiger partial charge in [-0.15, -0.1) is 0 Å². The Bertz CT molecular complexity index is 1400. The fraction of sp³-hybridized carbons (Fsp3) is 0.464. The van der Waals surface area contributed by atoms with E-state index in [4.69, 9.17) is 32.7 Å². The monoisotopic (exact) mass is 631 g/mol. The second kappa shape index (κ2) is 11.4. The van der Waals surface area contributed by atoms with E-state index < -0.39 is 53.3 Å². The number of ether oxygens (including phenoxy) is 2. The maximum atomic E-state index is 13.7. The van der Waals surface area contributed by atoms with Crippen molar-refractivity contribution in [2.24, 2.45) is 5.41 Å². The topological polar surface area (TPSA) is 97.0 Å². The molecule has 1 unspecified atom stereocenters. The summed E-state index contributed by atoms with van der Waals surface area (Å²) in [4.78, 5) is 39.7. The van der Waals surface area contributed by atoms with E-state index >= 15 is 0 Å². The molecule has 8 nitrogen and oxygen atoms in total. The predicted molar refractivity (Wildman–Crippen MR) is 145 cm³/mol. The molecule has 1 heterocycles. The second-order valence-electron chi connectivity index (χ2n) is 10.8. The highest BCUT2D eigenvalue weighted by Crippen LogP contribution is 2.59. The average Bonchev–Trinajstić information content (AvgIpc) is 3.74. The van der Waals surface area contributed by atoms with Gasteiger partial charge >= 0.3 is 6.18 Å². The number of carbonyl (C=O) groups is 3. The van der Waals surface area contributed by atoms with Gasteiger partial charge in [0.05, 0.1) is 17.3 Å². The molecule has 42 heavy (non-hydrogen) atoms. The Morgan fingerprint density at radius 2 is 1.81 bits per heavy atom. The first-order valence-electron chi connectivity index (χ1n) is 13.3. The first-order valence-corrected chi connectivity index (χ1v) is 14.1. The number of hydrogen-bond acceptors (Lipinski definition) is 5. The Labute approximate surface area is 248 Å². The molecule has 2 aromatic rings. The van der Waals surface area contributed by atoms with Crippen molar-refractivity contribution in [3.8, 4) is 11.5 Å². The molecular formula is C28H27Cl2F4N3O5. The highest BCUT2D eigenvalue weighted by atomic mass is 35.5. The first-order chi connectivity index (χ1) is 19.8. The molecule has 0 saturated heterocycles. The van der Waals surface area contributed by atoms with Crippen LogP contribution in [0.3, 0.4) is 0 Å². The van der Waals surface area contributed by atoms with Gasteiger partial charge in [-0.05, 0) is 68.9 Å². The number of amides is 3. The zero-order valence-electron chi connectivity index (χ0n) is 22.2. The number of halogens is 6. The van der Waals surface area contributed by atoms with Crippen LogP contribution < -0.4 is 25.0 Å². The Balaban J connectivity index is 1.18. The lowest BCUT2D eigenvalue weighted by Gasteiger charge is -2.43. The van der Waals surface area contributed by atoms with Crippen LogP contribution in [0.15, 0.2) is 36.4 Å². The molecule has 2 aliphatic carbocycles. The molecule has 1 aliphatic heterocycles. The summed E-state index contributed by atoms with van der Waals surface area (Å²) in [6.07, 6.45) is -4.06. The van der Waals surface area contributed by atoms with Crippen molar-refractivity contribution in [2.45, 2.75) is 56.3 Å². The minimum absolute atomic E-state index is 0.0676. The number of fused-ring (bicyclic) bond motifs is 1. The van der Waals surface area contributed by atoms with Crippen LogP contribution in [-0.4, -0.2) is 55.2 Å². The van der Waals surface area contributed by atoms with Crippen LogP contribution in [0.2, 0.25) is 10.0 Å². The smallest absolute Gasteiger partial charge is 0.403 e. The molecule has 2 N–H and O–H groups in total. The van der Waals surface area contributed by atoms with E-state index in [-0.39, 0.29) is 53.2 Å². The van der Waals surface area contributed by atoms with Crippen molar-refractivity contribution in [2.75, 3.05) is 24.6 Å². The molecule has 0 spiro atoms. The molecule has 2 saturated carbocycles. The number of alkyl halides is 3. The summed E-state index contributed by atoms with van der Waals surface area (Å²) in [6.45, 7) is -0.631. The molecule has 0 radical (unpaired) electrons. The van der Waals surface area contributed by atoms with Crippen molar-refractivity contribution in [1.82, 2.24) is 10.6 Å². The van der Waals surface area contributed by atoms with Crippen LogP contribution in [0.1, 0.15) is 38.5 Å². The quantitative estimate of drug-likeness (QED) is 0.371. The first kappa shape index (κ1) is 30.2. The van der Waals surface area contributed by atoms with Gasteiger partial charge in [-0.3, -0.25) is 14.4 Å². The Kier molecular flexibility index (Phi) is 8.23. The van der Waals surface area contributed by atoms with Crippen LogP contribution in [0.5, 0.6) is 11.5 Å². The maximum Gasteiger partial charge on any atom is 0.403 e. The summed E-state index contributed by atoms with van der Waals surface area (Å²) in [5.41, 5.74) is -2.99. The van der Waals surface area contributed by atoms with E-state index in [0.717, 1.165) is 17.4 Å². The summed E-state index contributed by atoms with van der Waals surface area (Å²) in [7, 11) is 0. The lowest BCUT2D eigenvalue weighted by Crippen LogP contribution is -2.57. The van der Waals surface area contributed by atoms with Gasteiger partial charge < -0.3 is 25.0 Å². The summed E-state index contributed by atoms with van der Waals surface area (Å²) in [5, 5.41) is 5.77. The number of nitrogens with one attached hydrogen (secondary N) is 2. The number of hydrogen-bond donors (Lipinski definition) is 2. The zero-order valence-corrected chi connectivity index (χ0v) is 23.7. The van der Waals surface area contributed by atoms with Crippen molar-refractivity contribution >= 4 is 46.6 Å². The van der Waals surface area contributed by atoms with Gasteiger partial charge in [0, 0.05) is 23.2 Å². The Morgan fingerprint density at radius 3 is 2.43 bits per heavy atom. The standard InChI is InChI=1S/C28H27Cl2F4N3O5/c29-16-2-5-21-20(12-16)37(25(40)27(8-9-27)28(32,33)34)14-22(42-21)24(39)35-11-10-26(6-1-7-26)36-23(38)15-41-17-3-4-18(30)19(31)13-17/h2-5,12-13,22H,1,6-11,14-15H2,(H,35,39)(H,36,38). The molecule has 0 bridgehead atoms. The van der Waals surface area contributed by atoms with Gasteiger partial charge in [0.25, 0.3) is 11.8 Å². The van der Waals surface area contributed by atoms with E-state index in [9.17, 15) is 31.9 Å². The summed E-state index contributed by atoms with van der Waals surface area (Å²) >= 11 is 11.7. The summed E-state index contributed by atoms with van der Waals surface area (Å²) < 4.78 is 65.9. The number of carbonyl (C=O) groups excluding carboxylic acids is 3. The zero-order chi connectivity index (χ0) is 30.3. The second-order valence-corrected chi connectivity index (χ2v) is 11.6. The van der Waals surface area contributed by atoms with Crippen molar-refractivity contribution in [3.05, 3.63) is 52.3 Å². The van der Waals surface area contributed by atoms with Gasteiger partial charge in [0.15, 0.2) is 12.7 Å². The van der Waals surface area contributed by atoms with Crippen LogP contribution in [0.4, 0.5) is 23.2 Å². The molecule has 0 aromatic heterocycles. The van der Waals surface area contributed by atoms with Crippen LogP contribution in [0, 0.1) is 11.2 Å². The van der Waals surface area contributed by atoms with Crippen LogP contribution in [0.25, 0.3) is 0 Å². The molecule has 3 amide bonds. The van der Waals surface area contributed by atoms with E-state index in [1.54, 1.807) is 0 Å². The van der Waals surface area contributed by atoms with Gasteiger partial charge in [-0.1, -0.05) is 23.2 Å². The minimum atomic E-state index is -4.73. The van der Waals surface area contributed by atoms with E-state index in [1.807, 2.05) is 0 Å². The lowest BCUT2D eigenvalue weighted by atomic mass is 9.74. The predicted octanol–water partition coefficient (Wildman–Crippen LogP) is 5.19. The molecule has 14 heteroatoms. The lowest BCUT2D eigenvalue weighted by molar-refractivity contribution is -0.190. The number of benzene rings is 2. The Hall–Kier alpha value is -3.25. The van der Waals surface area contributed by atoms with E-state index in [1.165, 1.54) is 30.3 Å². The van der Waals surface area contributed by atoms with Gasteiger partial charge in [0.2, 0.25) is 5.91 Å². The van der Waals surface area contributed by atoms with Crippen LogP contribution in [-0.2, 0) is 14.4 Å². The molecule has 5 rings (SSSR count). The molecule has 1 atom stereocenters. The van der Waals surface area contributed by atoms with E-state index in [2.05, 4.69) is 10.6 Å². The van der Waals surface area contributed by atoms with Gasteiger partial charge in [0.1, 0.15) is 22.7 Å². The SMILES string of the molecule is O=C(COc1ccc(Cl)c(F)c1)NC1(CCNC(=O)C2CN(C(=O)C3(C(F)(F)F)CC3)c3cc(Cl)ccc3O2)CCC1. The number of nitrogens with zero attached hydrogens (tertiary/aromatic N) is 1. The number of anilines is 1. The summed E-state index contributed by atoms with van der Waals surface area (Å²) in [6, 6.07) is 8.04. The summed E-state index contributed by atoms with van der Waals surface area (Å²) in [5.74, 6) is -2.63. The maximum absolute atomic E-state index is 13.7. The fourth-order valence-corrected chi connectivity index (χ4v) is 5.50. The molecule has 2 aromatic carbocycles. The minimum Gasteiger partial charge on any atom is -0.484 e. The molecule has 2 fully saturated rings. The highest BCUT2D eigenvalue weighted by Gasteiger charge is 2.70. The van der Waals surface area contributed by atoms with Crippen molar-refractivity contribution in [3.63, 3.8) is 0 Å². The van der Waals surface area contributed by atoms with Gasteiger partial charge in [-0.2, -0.15) is 13.2 Å². The van der Waals surface area contributed by atoms with Gasteiger partial charge in [-0.25, -0.2) is 4.39 Å². The van der Waals surface area contributed by atoms with Crippen LogP contribution >= 0.6 is 23.2 Å². The fourth-order valence-electron chi connectivity index (χ4n) is 5.21. The highest BCUT2D eigenvalue weighted by molar-refractivity contribution is 6.31. The third kappa shape index (κ3) is 6.10. The van der Waals surface area contributed by atoms with E-state index in [0.29, 0.717) is 19.3 Å². The Morgan fingerprint density at radius 1 is 1.07 bits per heavy atom. The largest absolute Gasteiger partial charge is 0.484 e. The average molecular weight is 632 g/mol. The third-order valence-corrected chi connectivity index (χ3v) is 8.49. The third-order valence-electron chi connectivity index (χ3n) is 7.95. The molecule has 226 valence electrons. The molecular weight excluding hydrogens is 605 g/mol.